The lowest BCUT2D eigenvalue weighted by Gasteiger charge is -2.10. The Hall–Kier alpha value is -2.35. The van der Waals surface area contributed by atoms with Crippen molar-refractivity contribution in [1.82, 2.24) is 4.98 Å². The minimum atomic E-state index is -0.318. The second-order valence-corrected chi connectivity index (χ2v) is 7.65. The predicted molar refractivity (Wildman–Crippen MR) is 109 cm³/mol. The molecule has 0 radical (unpaired) electrons. The standard InChI is InChI=1S/C20H23FN4OS/c1-12-10-13(20-25-16-11-14(21)7-9-17(16)27-20)6-8-15(12)24-19(26)5-3-2-4-18(22)23/h6-11,18H,2-5,22-23H2,1H3,(H,24,26). The minimum absolute atomic E-state index is 0.0214. The molecule has 0 bridgehead atoms. The number of nitrogens with zero attached hydrogens (tertiary/aromatic N) is 1. The number of nitrogens with two attached hydrogens (primary N) is 2. The van der Waals surface area contributed by atoms with Crippen molar-refractivity contribution in [2.75, 3.05) is 5.32 Å². The van der Waals surface area contributed by atoms with E-state index in [-0.39, 0.29) is 17.9 Å². The van der Waals surface area contributed by atoms with E-state index in [1.54, 1.807) is 6.07 Å². The molecule has 0 saturated carbocycles. The molecule has 0 aliphatic heterocycles. The number of amides is 1. The van der Waals surface area contributed by atoms with Crippen molar-refractivity contribution in [1.29, 1.82) is 0 Å². The predicted octanol–water partition coefficient (Wildman–Crippen LogP) is 4.15. The highest BCUT2D eigenvalue weighted by Crippen LogP contribution is 2.32. The number of anilines is 1. The van der Waals surface area contributed by atoms with Crippen molar-refractivity contribution in [3.63, 3.8) is 0 Å². The van der Waals surface area contributed by atoms with Crippen LogP contribution in [0, 0.1) is 12.7 Å². The molecule has 0 atom stereocenters. The van der Waals surface area contributed by atoms with Crippen LogP contribution in [0.1, 0.15) is 31.2 Å². The highest BCUT2D eigenvalue weighted by molar-refractivity contribution is 7.21. The van der Waals surface area contributed by atoms with Gasteiger partial charge in [0.2, 0.25) is 5.91 Å². The topological polar surface area (TPSA) is 94.0 Å². The number of aromatic nitrogens is 1. The van der Waals surface area contributed by atoms with E-state index in [4.69, 9.17) is 11.5 Å². The number of halogens is 1. The van der Waals surface area contributed by atoms with Gasteiger partial charge in [-0.25, -0.2) is 9.37 Å². The maximum atomic E-state index is 13.3. The highest BCUT2D eigenvalue weighted by Gasteiger charge is 2.10. The van der Waals surface area contributed by atoms with Crippen LogP contribution in [0.3, 0.4) is 0 Å². The highest BCUT2D eigenvalue weighted by atomic mass is 32.1. The zero-order valence-corrected chi connectivity index (χ0v) is 16.0. The van der Waals surface area contributed by atoms with Gasteiger partial charge in [0.15, 0.2) is 0 Å². The fourth-order valence-corrected chi connectivity index (χ4v) is 3.78. The Morgan fingerprint density at radius 3 is 2.78 bits per heavy atom. The van der Waals surface area contributed by atoms with Crippen LogP contribution in [0.5, 0.6) is 0 Å². The molecule has 1 aromatic heterocycles. The summed E-state index contributed by atoms with van der Waals surface area (Å²) in [5.41, 5.74) is 14.3. The lowest BCUT2D eigenvalue weighted by atomic mass is 10.1. The number of benzene rings is 2. The molecular formula is C20H23FN4OS. The molecular weight excluding hydrogens is 363 g/mol. The van der Waals surface area contributed by atoms with E-state index >= 15 is 0 Å². The van der Waals surface area contributed by atoms with Gasteiger partial charge in [0.05, 0.1) is 16.4 Å². The van der Waals surface area contributed by atoms with Crippen molar-refractivity contribution in [3.8, 4) is 10.6 Å². The first-order chi connectivity index (χ1) is 12.9. The van der Waals surface area contributed by atoms with E-state index in [9.17, 15) is 9.18 Å². The van der Waals surface area contributed by atoms with Gasteiger partial charge < -0.3 is 16.8 Å². The minimum Gasteiger partial charge on any atom is -0.326 e. The Bertz CT molecular complexity index is 954. The molecule has 3 aromatic rings. The number of hydrogen-bond acceptors (Lipinski definition) is 5. The lowest BCUT2D eigenvalue weighted by Crippen LogP contribution is -2.30. The summed E-state index contributed by atoms with van der Waals surface area (Å²) in [5, 5.41) is 3.77. The van der Waals surface area contributed by atoms with Crippen LogP contribution in [0.15, 0.2) is 36.4 Å². The summed E-state index contributed by atoms with van der Waals surface area (Å²) < 4.78 is 14.3. The Labute approximate surface area is 161 Å². The van der Waals surface area contributed by atoms with Crippen LogP contribution >= 0.6 is 11.3 Å². The third-order valence-electron chi connectivity index (χ3n) is 4.29. The van der Waals surface area contributed by atoms with Crippen molar-refractivity contribution in [2.45, 2.75) is 38.8 Å². The van der Waals surface area contributed by atoms with Gasteiger partial charge in [0.25, 0.3) is 0 Å². The van der Waals surface area contributed by atoms with Crippen molar-refractivity contribution in [3.05, 3.63) is 47.8 Å². The van der Waals surface area contributed by atoms with E-state index in [0.717, 1.165) is 39.4 Å². The van der Waals surface area contributed by atoms with Gasteiger partial charge in [-0.3, -0.25) is 4.79 Å². The molecule has 0 spiro atoms. The monoisotopic (exact) mass is 386 g/mol. The van der Waals surface area contributed by atoms with E-state index in [0.29, 0.717) is 18.4 Å². The van der Waals surface area contributed by atoms with Crippen LogP contribution in [-0.2, 0) is 4.79 Å². The number of nitrogens with one attached hydrogen (secondary N) is 1. The summed E-state index contributed by atoms with van der Waals surface area (Å²) in [6, 6.07) is 10.4. The number of carbonyl (C=O) groups excluding carboxylic acids is 1. The number of carbonyl (C=O) groups is 1. The SMILES string of the molecule is Cc1cc(-c2nc3cc(F)ccc3s2)ccc1NC(=O)CCCCC(N)N. The first-order valence-electron chi connectivity index (χ1n) is 8.90. The molecule has 3 rings (SSSR count). The van der Waals surface area contributed by atoms with Gasteiger partial charge in [0.1, 0.15) is 10.8 Å². The molecule has 2 aromatic carbocycles. The number of unbranched alkanes of at least 4 members (excludes halogenated alkanes) is 1. The summed E-state index contributed by atoms with van der Waals surface area (Å²) in [6.45, 7) is 1.94. The molecule has 0 aliphatic carbocycles. The molecule has 5 N–H and O–H groups in total. The Morgan fingerprint density at radius 2 is 2.04 bits per heavy atom. The van der Waals surface area contributed by atoms with Gasteiger partial charge >= 0.3 is 0 Å². The summed E-state index contributed by atoms with van der Waals surface area (Å²) in [6.07, 6.45) is 2.43. The molecule has 27 heavy (non-hydrogen) atoms. The normalized spacial score (nSPS) is 11.3. The van der Waals surface area contributed by atoms with Gasteiger partial charge in [-0.2, -0.15) is 0 Å². The van der Waals surface area contributed by atoms with Gasteiger partial charge in [-0.15, -0.1) is 11.3 Å². The van der Waals surface area contributed by atoms with Crippen molar-refractivity contribution in [2.24, 2.45) is 11.5 Å². The zero-order chi connectivity index (χ0) is 19.4. The average Bonchev–Trinajstić information content (AvgIpc) is 3.03. The van der Waals surface area contributed by atoms with Crippen LogP contribution in [0.2, 0.25) is 0 Å². The molecule has 1 amide bonds. The Morgan fingerprint density at radius 1 is 1.22 bits per heavy atom. The number of thiazole rings is 1. The first-order valence-corrected chi connectivity index (χ1v) is 9.72. The fourth-order valence-electron chi connectivity index (χ4n) is 2.84. The average molecular weight is 386 g/mol. The number of hydrogen-bond donors (Lipinski definition) is 3. The number of aryl methyl sites for hydroxylation is 1. The summed E-state index contributed by atoms with van der Waals surface area (Å²) >= 11 is 1.52. The molecule has 0 unspecified atom stereocenters. The largest absolute Gasteiger partial charge is 0.326 e. The van der Waals surface area contributed by atoms with Crippen molar-refractivity contribution >= 4 is 33.1 Å². The van der Waals surface area contributed by atoms with E-state index in [2.05, 4.69) is 10.3 Å². The van der Waals surface area contributed by atoms with E-state index < -0.39 is 0 Å². The molecule has 0 aliphatic rings. The lowest BCUT2D eigenvalue weighted by molar-refractivity contribution is -0.116. The Kier molecular flexibility index (Phi) is 6.15. The number of rotatable bonds is 7. The van der Waals surface area contributed by atoms with Crippen LogP contribution < -0.4 is 16.8 Å². The van der Waals surface area contributed by atoms with Crippen LogP contribution in [0.4, 0.5) is 10.1 Å². The van der Waals surface area contributed by atoms with Crippen molar-refractivity contribution < 1.29 is 9.18 Å². The Balaban J connectivity index is 1.67. The third kappa shape index (κ3) is 5.09. The smallest absolute Gasteiger partial charge is 0.224 e. The zero-order valence-electron chi connectivity index (χ0n) is 15.2. The second-order valence-electron chi connectivity index (χ2n) is 6.62. The van der Waals surface area contributed by atoms with Crippen LogP contribution in [0.25, 0.3) is 20.8 Å². The first kappa shape index (κ1) is 19.4. The maximum Gasteiger partial charge on any atom is 0.224 e. The number of fused-ring (bicyclic) bond motifs is 1. The molecule has 5 nitrogen and oxygen atoms in total. The summed E-state index contributed by atoms with van der Waals surface area (Å²) in [7, 11) is 0. The molecule has 7 heteroatoms. The quantitative estimate of drug-likeness (QED) is 0.420. The molecule has 0 fully saturated rings. The van der Waals surface area contributed by atoms with E-state index in [1.807, 2.05) is 25.1 Å². The molecule has 1 heterocycles. The van der Waals surface area contributed by atoms with Crippen LogP contribution in [-0.4, -0.2) is 17.1 Å². The van der Waals surface area contributed by atoms with Gasteiger partial charge in [0, 0.05) is 23.7 Å². The second kappa shape index (κ2) is 8.56. The maximum absolute atomic E-state index is 13.3. The third-order valence-corrected chi connectivity index (χ3v) is 5.37. The summed E-state index contributed by atoms with van der Waals surface area (Å²) in [5.74, 6) is -0.311. The fraction of sp³-hybridized carbons (Fsp3) is 0.300. The molecule has 142 valence electrons. The summed E-state index contributed by atoms with van der Waals surface area (Å²) in [4.78, 5) is 16.6. The van der Waals surface area contributed by atoms with Gasteiger partial charge in [-0.1, -0.05) is 6.42 Å². The molecule has 0 saturated heterocycles. The van der Waals surface area contributed by atoms with Gasteiger partial charge in [-0.05, 0) is 55.7 Å². The van der Waals surface area contributed by atoms with E-state index in [1.165, 1.54) is 23.5 Å².